The lowest BCUT2D eigenvalue weighted by Gasteiger charge is -2.34. The maximum absolute atomic E-state index is 13.3. The summed E-state index contributed by atoms with van der Waals surface area (Å²) in [6, 6.07) is 10.4. The van der Waals surface area contributed by atoms with Crippen molar-refractivity contribution >= 4 is 26.9 Å². The van der Waals surface area contributed by atoms with Crippen LogP contribution in [0.5, 0.6) is 11.5 Å². The molecule has 0 bridgehead atoms. The molecule has 194 valence electrons. The highest BCUT2D eigenvalue weighted by Crippen LogP contribution is 2.31. The van der Waals surface area contributed by atoms with E-state index in [-0.39, 0.29) is 16.6 Å². The summed E-state index contributed by atoms with van der Waals surface area (Å²) in [4.78, 5) is 13.1. The van der Waals surface area contributed by atoms with E-state index in [1.165, 1.54) is 0 Å². The zero-order chi connectivity index (χ0) is 26.0. The van der Waals surface area contributed by atoms with Crippen LogP contribution < -0.4 is 14.8 Å². The number of methoxy groups -OCH3 is 2. The van der Waals surface area contributed by atoms with Crippen molar-refractivity contribution in [2.75, 3.05) is 33.9 Å². The van der Waals surface area contributed by atoms with Gasteiger partial charge in [-0.1, -0.05) is 19.9 Å². The molecule has 0 radical (unpaired) electrons. The first-order valence-electron chi connectivity index (χ1n) is 12.2. The quantitative estimate of drug-likeness (QED) is 0.479. The van der Waals surface area contributed by atoms with Gasteiger partial charge in [-0.2, -0.15) is 4.31 Å². The number of nitrogens with one attached hydrogen (secondary N) is 1. The minimum absolute atomic E-state index is 0.187. The standard InChI is InChI=1S/C27H34N2O6S/c1-17-12-18(2)16-29(15-17)36(31,32)21-7-9-23-22(14-21)19(3)26(35-23)27(30)28-11-10-20-6-8-24(33-4)25(13-20)34-5/h6-9,13-14,17-18H,10-12,15-16H2,1-5H3,(H,28,30)/t17-,18-/m1/s1. The van der Waals surface area contributed by atoms with Gasteiger partial charge in [0, 0.05) is 30.6 Å². The number of benzene rings is 2. The van der Waals surface area contributed by atoms with Gasteiger partial charge in [0.2, 0.25) is 10.0 Å². The lowest BCUT2D eigenvalue weighted by molar-refractivity contribution is 0.0927. The molecule has 0 saturated carbocycles. The second-order valence-corrected chi connectivity index (χ2v) is 11.6. The minimum atomic E-state index is -3.63. The molecule has 1 aliphatic heterocycles. The van der Waals surface area contributed by atoms with E-state index in [9.17, 15) is 13.2 Å². The number of furan rings is 1. The Labute approximate surface area is 212 Å². The molecule has 1 amide bonds. The van der Waals surface area contributed by atoms with E-state index in [4.69, 9.17) is 13.9 Å². The Morgan fingerprint density at radius 1 is 1.06 bits per heavy atom. The molecule has 0 aliphatic carbocycles. The van der Waals surface area contributed by atoms with Crippen LogP contribution >= 0.6 is 0 Å². The Morgan fingerprint density at radius 3 is 2.42 bits per heavy atom. The van der Waals surface area contributed by atoms with Crippen molar-refractivity contribution in [2.24, 2.45) is 11.8 Å². The number of hydrogen-bond acceptors (Lipinski definition) is 6. The van der Waals surface area contributed by atoms with Gasteiger partial charge in [-0.25, -0.2) is 8.42 Å². The molecule has 1 aliphatic rings. The van der Waals surface area contributed by atoms with Gasteiger partial charge >= 0.3 is 0 Å². The van der Waals surface area contributed by atoms with Gasteiger partial charge in [0.05, 0.1) is 19.1 Å². The Hall–Kier alpha value is -3.04. The van der Waals surface area contributed by atoms with Gasteiger partial charge in [0.25, 0.3) is 5.91 Å². The number of sulfonamides is 1. The zero-order valence-electron chi connectivity index (χ0n) is 21.5. The summed E-state index contributed by atoms with van der Waals surface area (Å²) in [6.07, 6.45) is 1.62. The predicted molar refractivity (Wildman–Crippen MR) is 138 cm³/mol. The van der Waals surface area contributed by atoms with E-state index in [0.29, 0.717) is 65.9 Å². The van der Waals surface area contributed by atoms with Crippen LogP contribution in [0, 0.1) is 18.8 Å². The van der Waals surface area contributed by atoms with Gasteiger partial charge in [0.15, 0.2) is 17.3 Å². The van der Waals surface area contributed by atoms with Gasteiger partial charge in [-0.15, -0.1) is 0 Å². The molecule has 4 rings (SSSR count). The Balaban J connectivity index is 1.49. The molecule has 1 N–H and O–H groups in total. The molecular formula is C27H34N2O6S. The SMILES string of the molecule is COc1ccc(CCNC(=O)c2oc3ccc(S(=O)(=O)N4C[C@H](C)C[C@@H](C)C4)cc3c2C)cc1OC. The zero-order valence-corrected chi connectivity index (χ0v) is 22.3. The lowest BCUT2D eigenvalue weighted by Crippen LogP contribution is -2.42. The summed E-state index contributed by atoms with van der Waals surface area (Å²) < 4.78 is 44.7. The third kappa shape index (κ3) is 5.22. The molecular weight excluding hydrogens is 480 g/mol. The van der Waals surface area contributed by atoms with Crippen molar-refractivity contribution in [3.8, 4) is 11.5 Å². The average Bonchev–Trinajstić information content (AvgIpc) is 3.19. The normalized spacial score (nSPS) is 18.8. The smallest absolute Gasteiger partial charge is 0.287 e. The maximum atomic E-state index is 13.3. The summed E-state index contributed by atoms with van der Waals surface area (Å²) in [7, 11) is -0.466. The van der Waals surface area contributed by atoms with Crippen LogP contribution in [0.2, 0.25) is 0 Å². The highest BCUT2D eigenvalue weighted by atomic mass is 32.2. The van der Waals surface area contributed by atoms with Crippen LogP contribution in [0.3, 0.4) is 0 Å². The van der Waals surface area contributed by atoms with Crippen LogP contribution in [0.25, 0.3) is 11.0 Å². The van der Waals surface area contributed by atoms with Crippen molar-refractivity contribution < 1.29 is 27.1 Å². The molecule has 3 aromatic rings. The monoisotopic (exact) mass is 514 g/mol. The van der Waals surface area contributed by atoms with Crippen LogP contribution in [-0.4, -0.2) is 52.5 Å². The van der Waals surface area contributed by atoms with Crippen LogP contribution in [0.1, 0.15) is 41.9 Å². The molecule has 2 heterocycles. The lowest BCUT2D eigenvalue weighted by atomic mass is 9.94. The Kier molecular flexibility index (Phi) is 7.61. The summed E-state index contributed by atoms with van der Waals surface area (Å²) >= 11 is 0. The topological polar surface area (TPSA) is 98.1 Å². The molecule has 2 aromatic carbocycles. The number of rotatable bonds is 8. The largest absolute Gasteiger partial charge is 0.493 e. The van der Waals surface area contributed by atoms with Gasteiger partial charge in [-0.3, -0.25) is 4.79 Å². The van der Waals surface area contributed by atoms with E-state index in [1.807, 2.05) is 18.2 Å². The van der Waals surface area contributed by atoms with Gasteiger partial charge in [-0.05, 0) is 67.5 Å². The van der Waals surface area contributed by atoms with Crippen LogP contribution in [0.4, 0.5) is 0 Å². The second-order valence-electron chi connectivity index (χ2n) is 9.68. The number of piperidine rings is 1. The van der Waals surface area contributed by atoms with Crippen molar-refractivity contribution in [2.45, 2.75) is 38.5 Å². The fraction of sp³-hybridized carbons (Fsp3) is 0.444. The third-order valence-electron chi connectivity index (χ3n) is 6.73. The van der Waals surface area contributed by atoms with Crippen LogP contribution in [-0.2, 0) is 16.4 Å². The first kappa shape index (κ1) is 26.0. The van der Waals surface area contributed by atoms with Crippen molar-refractivity contribution in [3.63, 3.8) is 0 Å². The number of amides is 1. The van der Waals surface area contributed by atoms with Crippen molar-refractivity contribution in [3.05, 3.63) is 53.3 Å². The van der Waals surface area contributed by atoms with E-state index >= 15 is 0 Å². The first-order valence-corrected chi connectivity index (χ1v) is 13.6. The second kappa shape index (κ2) is 10.5. The highest BCUT2D eigenvalue weighted by molar-refractivity contribution is 7.89. The predicted octanol–water partition coefficient (Wildman–Crippen LogP) is 4.40. The van der Waals surface area contributed by atoms with E-state index in [2.05, 4.69) is 19.2 Å². The molecule has 1 fully saturated rings. The molecule has 1 aromatic heterocycles. The van der Waals surface area contributed by atoms with E-state index in [0.717, 1.165) is 12.0 Å². The molecule has 1 saturated heterocycles. The number of nitrogens with zero attached hydrogens (tertiary/aromatic N) is 1. The van der Waals surface area contributed by atoms with Crippen LogP contribution in [0.15, 0.2) is 45.7 Å². The molecule has 2 atom stereocenters. The number of fused-ring (bicyclic) bond motifs is 1. The third-order valence-corrected chi connectivity index (χ3v) is 8.56. The van der Waals surface area contributed by atoms with Crippen molar-refractivity contribution in [1.82, 2.24) is 9.62 Å². The number of aryl methyl sites for hydroxylation is 1. The summed E-state index contributed by atoms with van der Waals surface area (Å²) in [5, 5.41) is 3.51. The molecule has 8 nitrogen and oxygen atoms in total. The maximum Gasteiger partial charge on any atom is 0.287 e. The van der Waals surface area contributed by atoms with Gasteiger partial charge < -0.3 is 19.2 Å². The Bertz CT molecular complexity index is 1350. The Morgan fingerprint density at radius 2 is 1.75 bits per heavy atom. The average molecular weight is 515 g/mol. The highest BCUT2D eigenvalue weighted by Gasteiger charge is 2.32. The number of carbonyl (C=O) groups is 1. The number of ether oxygens (including phenoxy) is 2. The van der Waals surface area contributed by atoms with E-state index < -0.39 is 10.0 Å². The summed E-state index contributed by atoms with van der Waals surface area (Å²) in [5.41, 5.74) is 2.09. The molecule has 9 heteroatoms. The van der Waals surface area contributed by atoms with Crippen molar-refractivity contribution in [1.29, 1.82) is 0 Å². The summed E-state index contributed by atoms with van der Waals surface area (Å²) in [6.45, 7) is 7.37. The summed E-state index contributed by atoms with van der Waals surface area (Å²) in [5.74, 6) is 1.76. The molecule has 0 spiro atoms. The fourth-order valence-electron chi connectivity index (χ4n) is 4.96. The van der Waals surface area contributed by atoms with Gasteiger partial charge in [0.1, 0.15) is 5.58 Å². The molecule has 36 heavy (non-hydrogen) atoms. The minimum Gasteiger partial charge on any atom is -0.493 e. The molecule has 0 unspecified atom stereocenters. The first-order chi connectivity index (χ1) is 17.1. The number of hydrogen-bond donors (Lipinski definition) is 1. The number of carbonyl (C=O) groups excluding carboxylic acids is 1. The fourth-order valence-corrected chi connectivity index (χ4v) is 6.67. The van der Waals surface area contributed by atoms with E-state index in [1.54, 1.807) is 43.6 Å².